The Morgan fingerprint density at radius 1 is 1.17 bits per heavy atom. The molecule has 0 saturated carbocycles. The number of nitrogens with two attached hydrogens (primary N) is 1. The highest BCUT2D eigenvalue weighted by Crippen LogP contribution is 2.23. The fourth-order valence-corrected chi connectivity index (χ4v) is 2.23. The summed E-state index contributed by atoms with van der Waals surface area (Å²) in [6.45, 7) is 5.16. The molecule has 0 aliphatic carbocycles. The second kappa shape index (κ2) is 10.0. The zero-order valence-corrected chi connectivity index (χ0v) is 16.5. The molecule has 0 bridgehead atoms. The first-order valence-electron chi connectivity index (χ1n) is 7.56. The predicted octanol–water partition coefficient (Wildman–Crippen LogP) is 3.95. The van der Waals surface area contributed by atoms with Crippen molar-refractivity contribution in [3.8, 4) is 11.5 Å². The zero-order valence-electron chi connectivity index (χ0n) is 14.2. The van der Waals surface area contributed by atoms with E-state index >= 15 is 0 Å². The van der Waals surface area contributed by atoms with Crippen LogP contribution in [0.2, 0.25) is 0 Å². The highest BCUT2D eigenvalue weighted by molar-refractivity contribution is 14.0. The number of benzene rings is 2. The van der Waals surface area contributed by atoms with Crippen LogP contribution in [0.5, 0.6) is 11.5 Å². The Balaban J connectivity index is 0.00000288. The quantitative estimate of drug-likeness (QED) is 0.405. The minimum Gasteiger partial charge on any atom is -0.495 e. The second-order valence-corrected chi connectivity index (χ2v) is 5.06. The molecule has 0 aromatic heterocycles. The molecular weight excluding hydrogens is 417 g/mol. The third-order valence-electron chi connectivity index (χ3n) is 3.34. The van der Waals surface area contributed by atoms with Gasteiger partial charge in [-0.25, -0.2) is 4.99 Å². The predicted molar refractivity (Wildman–Crippen MR) is 110 cm³/mol. The van der Waals surface area contributed by atoms with Crippen LogP contribution in [0.4, 0.5) is 5.69 Å². The Morgan fingerprint density at radius 3 is 2.58 bits per heavy atom. The van der Waals surface area contributed by atoms with Crippen LogP contribution in [0.3, 0.4) is 0 Å². The number of anilines is 1. The van der Waals surface area contributed by atoms with Crippen molar-refractivity contribution in [1.82, 2.24) is 0 Å². The lowest BCUT2D eigenvalue weighted by atomic mass is 10.1. The number of hydrogen-bond donors (Lipinski definition) is 2. The van der Waals surface area contributed by atoms with Crippen LogP contribution in [0.1, 0.15) is 18.1 Å². The summed E-state index contributed by atoms with van der Waals surface area (Å²) in [6, 6.07) is 13.6. The van der Waals surface area contributed by atoms with Crippen LogP contribution >= 0.6 is 24.0 Å². The first-order valence-corrected chi connectivity index (χ1v) is 7.56. The van der Waals surface area contributed by atoms with Crippen molar-refractivity contribution in [3.05, 3.63) is 53.6 Å². The van der Waals surface area contributed by atoms with Crippen LogP contribution in [-0.4, -0.2) is 19.7 Å². The van der Waals surface area contributed by atoms with Crippen LogP contribution in [0.25, 0.3) is 0 Å². The van der Waals surface area contributed by atoms with Gasteiger partial charge in [-0.3, -0.25) is 0 Å². The summed E-state index contributed by atoms with van der Waals surface area (Å²) in [5.74, 6) is 1.98. The summed E-state index contributed by atoms with van der Waals surface area (Å²) in [5.41, 5.74) is 8.92. The van der Waals surface area contributed by atoms with E-state index in [1.54, 1.807) is 7.11 Å². The highest BCUT2D eigenvalue weighted by atomic mass is 127. The van der Waals surface area contributed by atoms with E-state index in [1.807, 2.05) is 50.2 Å². The number of aryl methyl sites for hydroxylation is 1. The summed E-state index contributed by atoms with van der Waals surface area (Å²) < 4.78 is 10.8. The van der Waals surface area contributed by atoms with E-state index in [-0.39, 0.29) is 24.0 Å². The Kier molecular flexibility index (Phi) is 8.39. The molecule has 130 valence electrons. The lowest BCUT2D eigenvalue weighted by Gasteiger charge is -2.10. The number of nitrogens with one attached hydrogen (secondary N) is 1. The number of para-hydroxylation sites is 2. The fraction of sp³-hybridized carbons (Fsp3) is 0.278. The molecule has 0 radical (unpaired) electrons. The monoisotopic (exact) mass is 441 g/mol. The number of rotatable bonds is 6. The van der Waals surface area contributed by atoms with Gasteiger partial charge in [-0.1, -0.05) is 24.3 Å². The summed E-state index contributed by atoms with van der Waals surface area (Å²) in [4.78, 5) is 4.37. The highest BCUT2D eigenvalue weighted by Gasteiger charge is 2.03. The van der Waals surface area contributed by atoms with Gasteiger partial charge in [0.2, 0.25) is 0 Å². The van der Waals surface area contributed by atoms with Crippen LogP contribution in [-0.2, 0) is 6.54 Å². The van der Waals surface area contributed by atoms with Gasteiger partial charge in [0.05, 0.1) is 25.9 Å². The molecule has 24 heavy (non-hydrogen) atoms. The molecule has 0 fully saturated rings. The standard InChI is InChI=1S/C18H23N3O2.HI/c1-4-23-16-10-9-14(11-13(16)2)12-20-18(19)21-15-7-5-6-8-17(15)22-3;/h5-11H,4,12H2,1-3H3,(H3,19,20,21);1H. The van der Waals surface area contributed by atoms with Gasteiger partial charge in [0.1, 0.15) is 11.5 Å². The molecule has 0 spiro atoms. The molecule has 2 aromatic rings. The summed E-state index contributed by atoms with van der Waals surface area (Å²) in [5, 5.41) is 3.06. The number of methoxy groups -OCH3 is 1. The van der Waals surface area contributed by atoms with Gasteiger partial charge in [-0.2, -0.15) is 0 Å². The number of halogens is 1. The number of hydrogen-bond acceptors (Lipinski definition) is 3. The number of guanidine groups is 1. The third kappa shape index (κ3) is 5.59. The van der Waals surface area contributed by atoms with E-state index in [9.17, 15) is 0 Å². The molecule has 0 saturated heterocycles. The van der Waals surface area contributed by atoms with Gasteiger partial charge >= 0.3 is 0 Å². The number of ether oxygens (including phenoxy) is 2. The minimum absolute atomic E-state index is 0. The molecule has 0 aliphatic heterocycles. The molecule has 2 rings (SSSR count). The largest absolute Gasteiger partial charge is 0.495 e. The van der Waals surface area contributed by atoms with Gasteiger partial charge in [0.15, 0.2) is 5.96 Å². The van der Waals surface area contributed by atoms with Crippen LogP contribution in [0, 0.1) is 6.92 Å². The third-order valence-corrected chi connectivity index (χ3v) is 3.34. The van der Waals surface area contributed by atoms with Crippen LogP contribution < -0.4 is 20.5 Å². The van der Waals surface area contributed by atoms with Crippen molar-refractivity contribution < 1.29 is 9.47 Å². The van der Waals surface area contributed by atoms with E-state index in [0.29, 0.717) is 19.1 Å². The molecule has 0 aliphatic rings. The van der Waals surface area contributed by atoms with Gasteiger partial charge in [0.25, 0.3) is 0 Å². The van der Waals surface area contributed by atoms with Crippen LogP contribution in [0.15, 0.2) is 47.5 Å². The Morgan fingerprint density at radius 2 is 1.92 bits per heavy atom. The lowest BCUT2D eigenvalue weighted by Crippen LogP contribution is -2.22. The van der Waals surface area contributed by atoms with Crippen molar-refractivity contribution in [2.45, 2.75) is 20.4 Å². The van der Waals surface area contributed by atoms with Gasteiger partial charge < -0.3 is 20.5 Å². The van der Waals surface area contributed by atoms with E-state index < -0.39 is 0 Å². The normalized spacial score (nSPS) is 10.7. The molecule has 2 aromatic carbocycles. The summed E-state index contributed by atoms with van der Waals surface area (Å²) in [7, 11) is 1.62. The molecule has 3 N–H and O–H groups in total. The molecule has 0 amide bonds. The van der Waals surface area contributed by atoms with Crippen molar-refractivity contribution >= 4 is 35.6 Å². The van der Waals surface area contributed by atoms with Gasteiger partial charge in [0, 0.05) is 0 Å². The Labute approximate surface area is 160 Å². The first kappa shape index (κ1) is 20.1. The first-order chi connectivity index (χ1) is 11.1. The maximum atomic E-state index is 5.95. The molecule has 6 heteroatoms. The maximum Gasteiger partial charge on any atom is 0.193 e. The van der Waals surface area contributed by atoms with Gasteiger partial charge in [-0.15, -0.1) is 24.0 Å². The van der Waals surface area contributed by atoms with Gasteiger partial charge in [-0.05, 0) is 43.2 Å². The number of aliphatic imine (C=N–C) groups is 1. The average molecular weight is 441 g/mol. The van der Waals surface area contributed by atoms with E-state index in [2.05, 4.69) is 16.4 Å². The molecule has 0 atom stereocenters. The Hall–Kier alpha value is -1.96. The lowest BCUT2D eigenvalue weighted by molar-refractivity contribution is 0.338. The maximum absolute atomic E-state index is 5.95. The SMILES string of the molecule is CCOc1ccc(CN=C(N)Nc2ccccc2OC)cc1C.I. The zero-order chi connectivity index (χ0) is 16.7. The number of nitrogens with zero attached hydrogens (tertiary/aromatic N) is 1. The van der Waals surface area contributed by atoms with E-state index in [0.717, 1.165) is 28.3 Å². The average Bonchev–Trinajstić information content (AvgIpc) is 2.56. The molecule has 5 nitrogen and oxygen atoms in total. The van der Waals surface area contributed by atoms with E-state index in [1.165, 1.54) is 0 Å². The van der Waals surface area contributed by atoms with Crippen molar-refractivity contribution in [2.24, 2.45) is 10.7 Å². The second-order valence-electron chi connectivity index (χ2n) is 5.06. The molecule has 0 unspecified atom stereocenters. The molecule has 0 heterocycles. The van der Waals surface area contributed by atoms with E-state index in [4.69, 9.17) is 15.2 Å². The van der Waals surface area contributed by atoms with Crippen molar-refractivity contribution in [3.63, 3.8) is 0 Å². The van der Waals surface area contributed by atoms with Crippen molar-refractivity contribution in [2.75, 3.05) is 19.0 Å². The topological polar surface area (TPSA) is 68.9 Å². The summed E-state index contributed by atoms with van der Waals surface area (Å²) >= 11 is 0. The summed E-state index contributed by atoms with van der Waals surface area (Å²) in [6.07, 6.45) is 0. The minimum atomic E-state index is 0. The fourth-order valence-electron chi connectivity index (χ4n) is 2.23. The molecular formula is C18H24IN3O2. The van der Waals surface area contributed by atoms with Crippen molar-refractivity contribution in [1.29, 1.82) is 0 Å². The smallest absolute Gasteiger partial charge is 0.193 e. The Bertz CT molecular complexity index is 690.